The standard InChI is InChI=1S/C11H11IN2O2/c1-6(2)14-8-5-3-4-7(12)9(8)10(13-14)11(15)16/h3-6H,1-2H3,(H,15,16). The molecule has 0 aliphatic carbocycles. The van der Waals surface area contributed by atoms with Gasteiger partial charge in [0.25, 0.3) is 0 Å². The maximum Gasteiger partial charge on any atom is 0.357 e. The number of benzene rings is 1. The number of carboxylic acid groups (broad SMARTS) is 1. The van der Waals surface area contributed by atoms with Gasteiger partial charge in [-0.2, -0.15) is 5.10 Å². The van der Waals surface area contributed by atoms with Crippen molar-refractivity contribution in [3.8, 4) is 0 Å². The van der Waals surface area contributed by atoms with Crippen LogP contribution in [0.3, 0.4) is 0 Å². The largest absolute Gasteiger partial charge is 0.476 e. The predicted molar refractivity (Wildman–Crippen MR) is 69.8 cm³/mol. The van der Waals surface area contributed by atoms with Gasteiger partial charge in [-0.05, 0) is 48.6 Å². The van der Waals surface area contributed by atoms with Crippen LogP contribution in [-0.4, -0.2) is 20.9 Å². The van der Waals surface area contributed by atoms with E-state index in [4.69, 9.17) is 5.11 Å². The third-order valence-electron chi connectivity index (χ3n) is 2.37. The summed E-state index contributed by atoms with van der Waals surface area (Å²) in [5.41, 5.74) is 1.01. The van der Waals surface area contributed by atoms with Crippen LogP contribution in [0.2, 0.25) is 0 Å². The van der Waals surface area contributed by atoms with Crippen LogP contribution in [0.4, 0.5) is 0 Å². The summed E-state index contributed by atoms with van der Waals surface area (Å²) >= 11 is 2.14. The van der Waals surface area contributed by atoms with Gasteiger partial charge in [-0.1, -0.05) is 6.07 Å². The number of carboxylic acids is 1. The van der Waals surface area contributed by atoms with Gasteiger partial charge in [0.2, 0.25) is 0 Å². The summed E-state index contributed by atoms with van der Waals surface area (Å²) in [5, 5.41) is 14.0. The Bertz CT molecular complexity index is 560. The van der Waals surface area contributed by atoms with Gasteiger partial charge < -0.3 is 5.11 Å². The van der Waals surface area contributed by atoms with E-state index in [9.17, 15) is 4.79 Å². The molecule has 0 bridgehead atoms. The lowest BCUT2D eigenvalue weighted by molar-refractivity contribution is 0.0691. The molecule has 1 aromatic heterocycles. The molecule has 0 aliphatic rings. The van der Waals surface area contributed by atoms with Crippen molar-refractivity contribution in [2.45, 2.75) is 19.9 Å². The van der Waals surface area contributed by atoms with E-state index < -0.39 is 5.97 Å². The maximum atomic E-state index is 11.1. The molecule has 2 aromatic rings. The number of hydrogen-bond donors (Lipinski definition) is 1. The fourth-order valence-corrected chi connectivity index (χ4v) is 2.43. The molecule has 0 radical (unpaired) electrons. The van der Waals surface area contributed by atoms with Crippen LogP contribution < -0.4 is 0 Å². The van der Waals surface area contributed by atoms with Gasteiger partial charge >= 0.3 is 5.97 Å². The Kier molecular flexibility index (Phi) is 2.88. The second kappa shape index (κ2) is 4.04. The minimum atomic E-state index is -0.978. The van der Waals surface area contributed by atoms with Gasteiger partial charge in [-0.25, -0.2) is 4.79 Å². The minimum Gasteiger partial charge on any atom is -0.476 e. The lowest BCUT2D eigenvalue weighted by Gasteiger charge is -2.06. The number of aromatic carboxylic acids is 1. The summed E-state index contributed by atoms with van der Waals surface area (Å²) < 4.78 is 2.67. The van der Waals surface area contributed by atoms with Crippen LogP contribution in [-0.2, 0) is 0 Å². The summed E-state index contributed by atoms with van der Waals surface area (Å²) in [6, 6.07) is 5.85. The highest BCUT2D eigenvalue weighted by Crippen LogP contribution is 2.26. The van der Waals surface area contributed by atoms with Crippen molar-refractivity contribution in [1.82, 2.24) is 9.78 Å². The van der Waals surface area contributed by atoms with E-state index >= 15 is 0 Å². The Morgan fingerprint density at radius 2 is 2.19 bits per heavy atom. The number of fused-ring (bicyclic) bond motifs is 1. The Morgan fingerprint density at radius 3 is 2.75 bits per heavy atom. The summed E-state index contributed by atoms with van der Waals surface area (Å²) in [5.74, 6) is -0.978. The molecule has 1 heterocycles. The van der Waals surface area contributed by atoms with Crippen LogP contribution in [0.5, 0.6) is 0 Å². The van der Waals surface area contributed by atoms with E-state index in [1.807, 2.05) is 32.0 Å². The third-order valence-corrected chi connectivity index (χ3v) is 3.27. The Morgan fingerprint density at radius 1 is 1.50 bits per heavy atom. The molecule has 1 N–H and O–H groups in total. The van der Waals surface area contributed by atoms with E-state index in [0.29, 0.717) is 0 Å². The van der Waals surface area contributed by atoms with E-state index in [1.165, 1.54) is 0 Å². The maximum absolute atomic E-state index is 11.1. The first-order valence-electron chi connectivity index (χ1n) is 4.92. The van der Waals surface area contributed by atoms with Crippen LogP contribution >= 0.6 is 22.6 Å². The molecule has 16 heavy (non-hydrogen) atoms. The fourth-order valence-electron chi connectivity index (χ4n) is 1.69. The van der Waals surface area contributed by atoms with Gasteiger partial charge in [-0.15, -0.1) is 0 Å². The van der Waals surface area contributed by atoms with Crippen LogP contribution in [0.1, 0.15) is 30.4 Å². The summed E-state index contributed by atoms with van der Waals surface area (Å²) in [6.45, 7) is 3.97. The topological polar surface area (TPSA) is 55.1 Å². The quantitative estimate of drug-likeness (QED) is 0.862. The Hall–Kier alpha value is -1.11. The monoisotopic (exact) mass is 330 g/mol. The lowest BCUT2D eigenvalue weighted by Crippen LogP contribution is -2.05. The lowest BCUT2D eigenvalue weighted by atomic mass is 10.2. The van der Waals surface area contributed by atoms with Gasteiger partial charge in [-0.3, -0.25) is 4.68 Å². The van der Waals surface area contributed by atoms with Crippen molar-refractivity contribution < 1.29 is 9.90 Å². The molecule has 0 aliphatic heterocycles. The van der Waals surface area contributed by atoms with E-state index in [2.05, 4.69) is 27.7 Å². The van der Waals surface area contributed by atoms with Crippen LogP contribution in [0.15, 0.2) is 18.2 Å². The Balaban J connectivity index is 2.87. The minimum absolute atomic E-state index is 0.133. The SMILES string of the molecule is CC(C)n1nc(C(=O)O)c2c(I)cccc21. The number of nitrogens with zero attached hydrogens (tertiary/aromatic N) is 2. The molecule has 0 saturated carbocycles. The smallest absolute Gasteiger partial charge is 0.357 e. The number of aromatic nitrogens is 2. The molecule has 0 spiro atoms. The van der Waals surface area contributed by atoms with Gasteiger partial charge in [0.15, 0.2) is 5.69 Å². The number of hydrogen-bond acceptors (Lipinski definition) is 2. The zero-order valence-corrected chi connectivity index (χ0v) is 11.1. The summed E-state index contributed by atoms with van der Waals surface area (Å²) in [6.07, 6.45) is 0. The van der Waals surface area contributed by atoms with Crippen molar-refractivity contribution in [2.24, 2.45) is 0 Å². The van der Waals surface area contributed by atoms with E-state index in [0.717, 1.165) is 14.5 Å². The third kappa shape index (κ3) is 1.68. The molecular formula is C11H11IN2O2. The van der Waals surface area contributed by atoms with Gasteiger partial charge in [0.05, 0.1) is 5.52 Å². The molecule has 0 fully saturated rings. The summed E-state index contributed by atoms with van der Waals surface area (Å²) in [4.78, 5) is 11.1. The normalized spacial score (nSPS) is 11.2. The van der Waals surface area contributed by atoms with Crippen molar-refractivity contribution >= 4 is 39.5 Å². The first-order valence-corrected chi connectivity index (χ1v) is 6.00. The first-order chi connectivity index (χ1) is 7.52. The number of rotatable bonds is 2. The van der Waals surface area contributed by atoms with Crippen molar-refractivity contribution in [3.05, 3.63) is 27.5 Å². The second-order valence-electron chi connectivity index (χ2n) is 3.83. The molecule has 0 amide bonds. The van der Waals surface area contributed by atoms with Gasteiger partial charge in [0, 0.05) is 15.0 Å². The van der Waals surface area contributed by atoms with Crippen molar-refractivity contribution in [2.75, 3.05) is 0 Å². The average molecular weight is 330 g/mol. The molecule has 84 valence electrons. The van der Waals surface area contributed by atoms with Crippen molar-refractivity contribution in [1.29, 1.82) is 0 Å². The molecule has 0 saturated heterocycles. The molecule has 2 rings (SSSR count). The molecule has 0 unspecified atom stereocenters. The Labute approximate surface area is 106 Å². The first kappa shape index (κ1) is 11.4. The highest BCUT2D eigenvalue weighted by Gasteiger charge is 2.19. The predicted octanol–water partition coefficient (Wildman–Crippen LogP) is 2.92. The molecular weight excluding hydrogens is 319 g/mol. The highest BCUT2D eigenvalue weighted by atomic mass is 127. The van der Waals surface area contributed by atoms with Crippen molar-refractivity contribution in [3.63, 3.8) is 0 Å². The molecule has 1 aromatic carbocycles. The second-order valence-corrected chi connectivity index (χ2v) is 4.99. The van der Waals surface area contributed by atoms with Gasteiger partial charge in [0.1, 0.15) is 0 Å². The van der Waals surface area contributed by atoms with E-state index in [-0.39, 0.29) is 11.7 Å². The number of halogens is 1. The fraction of sp³-hybridized carbons (Fsp3) is 0.273. The zero-order valence-electron chi connectivity index (χ0n) is 8.94. The number of carbonyl (C=O) groups is 1. The van der Waals surface area contributed by atoms with Crippen LogP contribution in [0.25, 0.3) is 10.9 Å². The highest BCUT2D eigenvalue weighted by molar-refractivity contribution is 14.1. The van der Waals surface area contributed by atoms with E-state index in [1.54, 1.807) is 4.68 Å². The molecule has 4 nitrogen and oxygen atoms in total. The van der Waals surface area contributed by atoms with Crippen LogP contribution in [0, 0.1) is 3.57 Å². The molecule has 5 heteroatoms. The average Bonchev–Trinajstić information content (AvgIpc) is 2.58. The summed E-state index contributed by atoms with van der Waals surface area (Å²) in [7, 11) is 0. The molecule has 0 atom stereocenters. The zero-order chi connectivity index (χ0) is 11.9.